The average molecular weight is 188 g/mol. The zero-order chi connectivity index (χ0) is 10.3. The Balaban J connectivity index is 2.75. The summed E-state index contributed by atoms with van der Waals surface area (Å²) in [6, 6.07) is 6.17. The van der Waals surface area contributed by atoms with Gasteiger partial charge in [-0.2, -0.15) is 5.10 Å². The summed E-state index contributed by atoms with van der Waals surface area (Å²) in [6.07, 6.45) is 2.00. The lowest BCUT2D eigenvalue weighted by Crippen LogP contribution is -2.13. The Labute approximate surface area is 84.6 Å². The van der Waals surface area contributed by atoms with Crippen molar-refractivity contribution in [3.63, 3.8) is 0 Å². The zero-order valence-electron chi connectivity index (χ0n) is 9.20. The van der Waals surface area contributed by atoms with E-state index in [1.54, 1.807) is 0 Å². The van der Waals surface area contributed by atoms with Gasteiger partial charge < -0.3 is 0 Å². The van der Waals surface area contributed by atoms with Crippen LogP contribution in [0.2, 0.25) is 0 Å². The number of aromatic nitrogens is 2. The molecule has 0 saturated carbocycles. The minimum Gasteiger partial charge on any atom is -0.240 e. The predicted octanol–water partition coefficient (Wildman–Crippen LogP) is 2.94. The fraction of sp³-hybridized carbons (Fsp3) is 0.417. The van der Waals surface area contributed by atoms with Crippen molar-refractivity contribution in [3.8, 4) is 0 Å². The summed E-state index contributed by atoms with van der Waals surface area (Å²) in [7, 11) is 0. The molecule has 0 aliphatic carbocycles. The quantitative estimate of drug-likeness (QED) is 0.621. The van der Waals surface area contributed by atoms with Crippen LogP contribution in [0.5, 0.6) is 0 Å². The van der Waals surface area contributed by atoms with Crippen LogP contribution in [-0.4, -0.2) is 9.61 Å². The van der Waals surface area contributed by atoms with Gasteiger partial charge in [0.2, 0.25) is 0 Å². The normalized spacial score (nSPS) is 12.3. The van der Waals surface area contributed by atoms with Crippen molar-refractivity contribution >= 4 is 5.52 Å². The number of pyridine rings is 1. The Morgan fingerprint density at radius 3 is 2.50 bits per heavy atom. The highest BCUT2D eigenvalue weighted by Crippen LogP contribution is 2.26. The molecule has 0 radical (unpaired) electrons. The van der Waals surface area contributed by atoms with Gasteiger partial charge >= 0.3 is 0 Å². The Hall–Kier alpha value is -1.31. The first kappa shape index (κ1) is 9.25. The summed E-state index contributed by atoms with van der Waals surface area (Å²) in [6.45, 7) is 8.73. The maximum atomic E-state index is 4.60. The van der Waals surface area contributed by atoms with E-state index in [1.807, 2.05) is 16.8 Å². The molecule has 0 atom stereocenters. The van der Waals surface area contributed by atoms with Gasteiger partial charge in [0.25, 0.3) is 0 Å². The van der Waals surface area contributed by atoms with Crippen LogP contribution < -0.4 is 0 Å². The minimum atomic E-state index is 0.121. The summed E-state index contributed by atoms with van der Waals surface area (Å²) in [4.78, 5) is 0. The van der Waals surface area contributed by atoms with E-state index >= 15 is 0 Å². The zero-order valence-corrected chi connectivity index (χ0v) is 9.20. The molecule has 2 heterocycles. The highest BCUT2D eigenvalue weighted by Gasteiger charge is 2.21. The van der Waals surface area contributed by atoms with Gasteiger partial charge in [-0.05, 0) is 24.6 Å². The lowest BCUT2D eigenvalue weighted by Gasteiger charge is -2.15. The smallest absolute Gasteiger partial charge is 0.0717 e. The van der Waals surface area contributed by atoms with Crippen molar-refractivity contribution in [3.05, 3.63) is 35.7 Å². The van der Waals surface area contributed by atoms with E-state index in [1.165, 1.54) is 16.8 Å². The number of hydrogen-bond acceptors (Lipinski definition) is 1. The van der Waals surface area contributed by atoms with Crippen LogP contribution in [0.25, 0.3) is 5.52 Å². The topological polar surface area (TPSA) is 17.3 Å². The summed E-state index contributed by atoms with van der Waals surface area (Å²) in [5, 5.41) is 4.60. The fourth-order valence-corrected chi connectivity index (χ4v) is 1.84. The van der Waals surface area contributed by atoms with E-state index in [0.717, 1.165) is 0 Å². The number of rotatable bonds is 0. The van der Waals surface area contributed by atoms with Gasteiger partial charge in [-0.3, -0.25) is 0 Å². The van der Waals surface area contributed by atoms with Crippen molar-refractivity contribution in [2.75, 3.05) is 0 Å². The second-order valence-electron chi connectivity index (χ2n) is 4.75. The first-order valence-electron chi connectivity index (χ1n) is 4.94. The molecule has 2 aromatic heterocycles. The number of nitrogens with zero attached hydrogens (tertiary/aromatic N) is 2. The van der Waals surface area contributed by atoms with Crippen LogP contribution in [0.3, 0.4) is 0 Å². The van der Waals surface area contributed by atoms with Crippen molar-refractivity contribution in [2.45, 2.75) is 33.1 Å². The van der Waals surface area contributed by atoms with E-state index in [4.69, 9.17) is 0 Å². The van der Waals surface area contributed by atoms with Gasteiger partial charge in [-0.15, -0.1) is 0 Å². The molecule has 0 N–H and O–H groups in total. The number of fused-ring (bicyclic) bond motifs is 1. The highest BCUT2D eigenvalue weighted by atomic mass is 15.2. The summed E-state index contributed by atoms with van der Waals surface area (Å²) in [5.41, 5.74) is 3.80. The van der Waals surface area contributed by atoms with Crippen LogP contribution in [0.4, 0.5) is 0 Å². The fourth-order valence-electron chi connectivity index (χ4n) is 1.84. The maximum absolute atomic E-state index is 4.60. The van der Waals surface area contributed by atoms with Crippen LogP contribution in [0.1, 0.15) is 32.0 Å². The van der Waals surface area contributed by atoms with Gasteiger partial charge in [0.15, 0.2) is 0 Å². The molecule has 0 saturated heterocycles. The van der Waals surface area contributed by atoms with Crippen LogP contribution >= 0.6 is 0 Å². The minimum absolute atomic E-state index is 0.121. The molecule has 2 heteroatoms. The molecule has 0 spiro atoms. The van der Waals surface area contributed by atoms with Crippen molar-refractivity contribution in [1.82, 2.24) is 9.61 Å². The van der Waals surface area contributed by atoms with Crippen molar-refractivity contribution in [2.24, 2.45) is 0 Å². The Bertz CT molecular complexity index is 461. The third-order valence-electron chi connectivity index (χ3n) is 2.50. The molecule has 2 nitrogen and oxygen atoms in total. The summed E-state index contributed by atoms with van der Waals surface area (Å²) >= 11 is 0. The predicted molar refractivity (Wildman–Crippen MR) is 58.6 cm³/mol. The molecule has 0 amide bonds. The second-order valence-corrected chi connectivity index (χ2v) is 4.75. The highest BCUT2D eigenvalue weighted by molar-refractivity contribution is 5.56. The lowest BCUT2D eigenvalue weighted by molar-refractivity contribution is 0.559. The third kappa shape index (κ3) is 1.31. The standard InChI is InChI=1S/C12H16N2/c1-9-10-7-5-6-8-14(10)13-11(9)12(2,3)4/h5-8H,1-4H3. The van der Waals surface area contributed by atoms with E-state index in [9.17, 15) is 0 Å². The third-order valence-corrected chi connectivity index (χ3v) is 2.50. The van der Waals surface area contributed by atoms with Gasteiger partial charge in [0, 0.05) is 11.6 Å². The molecule has 14 heavy (non-hydrogen) atoms. The summed E-state index contributed by atoms with van der Waals surface area (Å²) < 4.78 is 1.95. The Morgan fingerprint density at radius 1 is 1.21 bits per heavy atom. The molecule has 0 fully saturated rings. The van der Waals surface area contributed by atoms with Gasteiger partial charge in [-0.25, -0.2) is 4.52 Å². The van der Waals surface area contributed by atoms with Crippen LogP contribution in [0.15, 0.2) is 24.4 Å². The molecule has 0 aliphatic rings. The van der Waals surface area contributed by atoms with E-state index in [0.29, 0.717) is 0 Å². The van der Waals surface area contributed by atoms with E-state index in [-0.39, 0.29) is 5.41 Å². The monoisotopic (exact) mass is 188 g/mol. The Kier molecular flexibility index (Phi) is 1.88. The van der Waals surface area contributed by atoms with Gasteiger partial charge in [-0.1, -0.05) is 26.8 Å². The largest absolute Gasteiger partial charge is 0.240 e. The van der Waals surface area contributed by atoms with Crippen molar-refractivity contribution in [1.29, 1.82) is 0 Å². The second kappa shape index (κ2) is 2.84. The number of hydrogen-bond donors (Lipinski definition) is 0. The van der Waals surface area contributed by atoms with Crippen molar-refractivity contribution < 1.29 is 0 Å². The van der Waals surface area contributed by atoms with E-state index < -0.39 is 0 Å². The first-order valence-corrected chi connectivity index (χ1v) is 4.94. The first-order chi connectivity index (χ1) is 6.50. The molecule has 0 unspecified atom stereocenters. The molecule has 74 valence electrons. The van der Waals surface area contributed by atoms with Gasteiger partial charge in [0.1, 0.15) is 0 Å². The van der Waals surface area contributed by atoms with Gasteiger partial charge in [0.05, 0.1) is 11.2 Å². The molecule has 2 rings (SSSR count). The molecular formula is C12H16N2. The SMILES string of the molecule is Cc1c(C(C)(C)C)nn2ccccc12. The lowest BCUT2D eigenvalue weighted by atomic mass is 9.89. The van der Waals surface area contributed by atoms with Crippen LogP contribution in [0, 0.1) is 6.92 Å². The average Bonchev–Trinajstić information content (AvgIpc) is 2.44. The molecule has 2 aromatic rings. The number of aryl methyl sites for hydroxylation is 1. The molecular weight excluding hydrogens is 172 g/mol. The van der Waals surface area contributed by atoms with Crippen LogP contribution in [-0.2, 0) is 5.41 Å². The maximum Gasteiger partial charge on any atom is 0.0717 e. The molecule has 0 bridgehead atoms. The van der Waals surface area contributed by atoms with E-state index in [2.05, 4.69) is 44.9 Å². The molecule has 0 aromatic carbocycles. The summed E-state index contributed by atoms with van der Waals surface area (Å²) in [5.74, 6) is 0. The Morgan fingerprint density at radius 2 is 1.93 bits per heavy atom. The molecule has 0 aliphatic heterocycles.